The van der Waals surface area contributed by atoms with Gasteiger partial charge in [-0.25, -0.2) is 0 Å². The molecule has 5 heteroatoms. The molecule has 0 amide bonds. The van der Waals surface area contributed by atoms with Crippen LogP contribution in [-0.2, 0) is 6.54 Å². The predicted octanol–water partition coefficient (Wildman–Crippen LogP) is 2.08. The van der Waals surface area contributed by atoms with Crippen LogP contribution in [-0.4, -0.2) is 31.5 Å². The number of rotatable bonds is 7. The zero-order valence-corrected chi connectivity index (χ0v) is 12.0. The topological polar surface area (TPSA) is 50.7 Å². The molecule has 100 valence electrons. The first-order valence-electron chi connectivity index (χ1n) is 6.08. The fraction of sp³-hybridized carbons (Fsp3) is 0.538. The van der Waals surface area contributed by atoms with E-state index in [9.17, 15) is 0 Å². The molecular weight excluding hydrogens is 298 g/mol. The monoisotopic (exact) mass is 315 g/mol. The highest BCUT2D eigenvalue weighted by Crippen LogP contribution is 2.36. The van der Waals surface area contributed by atoms with E-state index in [0.717, 1.165) is 16.6 Å². The lowest BCUT2D eigenvalue weighted by molar-refractivity contribution is 0.195. The lowest BCUT2D eigenvalue weighted by atomic mass is 10.2. The van der Waals surface area contributed by atoms with Gasteiger partial charge in [-0.05, 0) is 46.5 Å². The van der Waals surface area contributed by atoms with E-state index >= 15 is 0 Å². The quantitative estimate of drug-likeness (QED) is 0.809. The Bertz CT molecular complexity index is 407. The van der Waals surface area contributed by atoms with E-state index in [1.807, 2.05) is 12.1 Å². The van der Waals surface area contributed by atoms with Crippen LogP contribution in [0.15, 0.2) is 16.6 Å². The third-order valence-corrected chi connectivity index (χ3v) is 3.39. The Morgan fingerprint density at radius 3 is 2.83 bits per heavy atom. The van der Waals surface area contributed by atoms with Gasteiger partial charge >= 0.3 is 0 Å². The summed E-state index contributed by atoms with van der Waals surface area (Å²) in [5.74, 6) is 1.33. The third kappa shape index (κ3) is 3.60. The van der Waals surface area contributed by atoms with Gasteiger partial charge in [0.25, 0.3) is 0 Å². The molecule has 0 bridgehead atoms. The van der Waals surface area contributed by atoms with Crippen molar-refractivity contribution >= 4 is 15.9 Å². The van der Waals surface area contributed by atoms with Crippen molar-refractivity contribution in [2.24, 2.45) is 0 Å². The summed E-state index contributed by atoms with van der Waals surface area (Å²) in [6, 6.07) is 4.66. The highest BCUT2D eigenvalue weighted by Gasteiger charge is 2.20. The Kier molecular flexibility index (Phi) is 4.86. The molecule has 1 saturated carbocycles. The zero-order chi connectivity index (χ0) is 13.0. The maximum absolute atomic E-state index is 8.80. The van der Waals surface area contributed by atoms with Gasteiger partial charge in [0.1, 0.15) is 6.61 Å². The van der Waals surface area contributed by atoms with Crippen molar-refractivity contribution in [2.45, 2.75) is 25.4 Å². The molecule has 0 spiro atoms. The zero-order valence-electron chi connectivity index (χ0n) is 10.4. The molecule has 2 N–H and O–H groups in total. The van der Waals surface area contributed by atoms with Crippen molar-refractivity contribution in [1.29, 1.82) is 0 Å². The van der Waals surface area contributed by atoms with Crippen LogP contribution in [0.4, 0.5) is 0 Å². The smallest absolute Gasteiger partial charge is 0.175 e. The van der Waals surface area contributed by atoms with E-state index in [2.05, 4.69) is 21.2 Å². The van der Waals surface area contributed by atoms with E-state index < -0.39 is 0 Å². The van der Waals surface area contributed by atoms with Crippen LogP contribution in [0.3, 0.4) is 0 Å². The van der Waals surface area contributed by atoms with E-state index in [-0.39, 0.29) is 13.2 Å². The van der Waals surface area contributed by atoms with E-state index in [1.54, 1.807) is 7.11 Å². The second-order valence-electron chi connectivity index (χ2n) is 4.34. The van der Waals surface area contributed by atoms with Gasteiger partial charge in [0.15, 0.2) is 11.5 Å². The van der Waals surface area contributed by atoms with Crippen LogP contribution in [0.25, 0.3) is 0 Å². The maximum atomic E-state index is 8.80. The number of aliphatic hydroxyl groups excluding tert-OH is 1. The molecule has 1 aromatic carbocycles. The van der Waals surface area contributed by atoms with Gasteiger partial charge in [-0.2, -0.15) is 0 Å². The standard InChI is InChI=1S/C13H18BrNO3/c1-17-12-7-9(8-15-10-2-3-10)6-11(14)13(12)18-5-4-16/h6-7,10,15-16H,2-5,8H2,1H3. The van der Waals surface area contributed by atoms with E-state index in [4.69, 9.17) is 14.6 Å². The number of methoxy groups -OCH3 is 1. The number of ether oxygens (including phenoxy) is 2. The number of aliphatic hydroxyl groups is 1. The highest BCUT2D eigenvalue weighted by atomic mass is 79.9. The Morgan fingerprint density at radius 1 is 1.44 bits per heavy atom. The molecular formula is C13H18BrNO3. The van der Waals surface area contributed by atoms with Gasteiger partial charge in [-0.3, -0.25) is 0 Å². The van der Waals surface area contributed by atoms with Gasteiger partial charge in [0.05, 0.1) is 18.2 Å². The first-order valence-corrected chi connectivity index (χ1v) is 6.87. The van der Waals surface area contributed by atoms with Crippen LogP contribution in [0.1, 0.15) is 18.4 Å². The molecule has 1 aliphatic rings. The van der Waals surface area contributed by atoms with Crippen molar-refractivity contribution in [3.63, 3.8) is 0 Å². The molecule has 2 rings (SSSR count). The minimum Gasteiger partial charge on any atom is -0.493 e. The van der Waals surface area contributed by atoms with E-state index in [1.165, 1.54) is 12.8 Å². The van der Waals surface area contributed by atoms with Crippen molar-refractivity contribution in [1.82, 2.24) is 5.32 Å². The van der Waals surface area contributed by atoms with Crippen molar-refractivity contribution in [3.8, 4) is 11.5 Å². The van der Waals surface area contributed by atoms with Gasteiger partial charge in [-0.1, -0.05) is 0 Å². The fourth-order valence-corrected chi connectivity index (χ4v) is 2.32. The summed E-state index contributed by atoms with van der Waals surface area (Å²) < 4.78 is 11.6. The average Bonchev–Trinajstić information content (AvgIpc) is 3.18. The average molecular weight is 316 g/mol. The molecule has 18 heavy (non-hydrogen) atoms. The van der Waals surface area contributed by atoms with Crippen LogP contribution < -0.4 is 14.8 Å². The second-order valence-corrected chi connectivity index (χ2v) is 5.19. The van der Waals surface area contributed by atoms with Gasteiger partial charge in [0.2, 0.25) is 0 Å². The Balaban J connectivity index is 2.09. The SMILES string of the molecule is COc1cc(CNC2CC2)cc(Br)c1OCCO. The Hall–Kier alpha value is -0.780. The molecule has 1 fully saturated rings. The number of nitrogens with one attached hydrogen (secondary N) is 1. The fourth-order valence-electron chi connectivity index (χ4n) is 1.71. The molecule has 0 aliphatic heterocycles. The summed E-state index contributed by atoms with van der Waals surface area (Å²) in [6.45, 7) is 1.08. The van der Waals surface area contributed by atoms with Crippen LogP contribution in [0.2, 0.25) is 0 Å². The lowest BCUT2D eigenvalue weighted by Gasteiger charge is -2.14. The van der Waals surface area contributed by atoms with Crippen LogP contribution in [0.5, 0.6) is 11.5 Å². The molecule has 0 heterocycles. The summed E-state index contributed by atoms with van der Waals surface area (Å²) in [5.41, 5.74) is 1.15. The van der Waals surface area contributed by atoms with Crippen molar-refractivity contribution in [2.75, 3.05) is 20.3 Å². The van der Waals surface area contributed by atoms with Gasteiger partial charge in [0, 0.05) is 12.6 Å². The number of hydrogen-bond donors (Lipinski definition) is 2. The molecule has 1 aliphatic carbocycles. The molecule has 1 aromatic rings. The highest BCUT2D eigenvalue weighted by molar-refractivity contribution is 9.10. The summed E-state index contributed by atoms with van der Waals surface area (Å²) in [5, 5.41) is 12.3. The molecule has 0 aromatic heterocycles. The van der Waals surface area contributed by atoms with E-state index in [0.29, 0.717) is 17.5 Å². The van der Waals surface area contributed by atoms with Crippen molar-refractivity contribution < 1.29 is 14.6 Å². The van der Waals surface area contributed by atoms with Crippen LogP contribution >= 0.6 is 15.9 Å². The summed E-state index contributed by atoms with van der Waals surface area (Å²) >= 11 is 3.48. The van der Waals surface area contributed by atoms with Crippen molar-refractivity contribution in [3.05, 3.63) is 22.2 Å². The predicted molar refractivity (Wildman–Crippen MR) is 73.1 cm³/mol. The first kappa shape index (κ1) is 13.6. The maximum Gasteiger partial charge on any atom is 0.175 e. The van der Waals surface area contributed by atoms with Crippen LogP contribution in [0, 0.1) is 0 Å². The molecule has 0 unspecified atom stereocenters. The van der Waals surface area contributed by atoms with Gasteiger partial charge in [-0.15, -0.1) is 0 Å². The number of hydrogen-bond acceptors (Lipinski definition) is 4. The summed E-state index contributed by atoms with van der Waals surface area (Å²) in [6.07, 6.45) is 2.55. The second kappa shape index (κ2) is 6.41. The summed E-state index contributed by atoms with van der Waals surface area (Å²) in [7, 11) is 1.62. The number of benzene rings is 1. The first-order chi connectivity index (χ1) is 8.74. The largest absolute Gasteiger partial charge is 0.493 e. The minimum atomic E-state index is -0.0133. The third-order valence-electron chi connectivity index (χ3n) is 2.80. The molecule has 0 saturated heterocycles. The Morgan fingerprint density at radius 2 is 2.22 bits per heavy atom. The minimum absolute atomic E-state index is 0.0133. The lowest BCUT2D eigenvalue weighted by Crippen LogP contribution is -2.15. The Labute approximate surface area is 115 Å². The van der Waals surface area contributed by atoms with Gasteiger partial charge < -0.3 is 19.9 Å². The normalized spacial score (nSPS) is 14.6. The molecule has 4 nitrogen and oxygen atoms in total. The number of halogens is 1. The molecule has 0 radical (unpaired) electrons. The summed E-state index contributed by atoms with van der Waals surface area (Å²) in [4.78, 5) is 0. The molecule has 0 atom stereocenters.